The van der Waals surface area contributed by atoms with Crippen LogP contribution in [0.4, 0.5) is 0 Å². The van der Waals surface area contributed by atoms with Crippen LogP contribution in [0.25, 0.3) is 0 Å². The summed E-state index contributed by atoms with van der Waals surface area (Å²) in [6, 6.07) is 22.0. The molecule has 2 aromatic rings. The van der Waals surface area contributed by atoms with Gasteiger partial charge in [-0.05, 0) is 48.6 Å². The summed E-state index contributed by atoms with van der Waals surface area (Å²) < 4.78 is 13.6. The Bertz CT molecular complexity index is 663. The van der Waals surface area contributed by atoms with Crippen molar-refractivity contribution < 1.29 is 9.47 Å². The van der Waals surface area contributed by atoms with Crippen LogP contribution in [0.2, 0.25) is 0 Å². The smallest absolute Gasteiger partial charge is 0.182 e. The average Bonchev–Trinajstić information content (AvgIpc) is 3.30. The Morgan fingerprint density at radius 1 is 0.714 bits per heavy atom. The third-order valence-electron chi connectivity index (χ3n) is 6.73. The Morgan fingerprint density at radius 3 is 1.54 bits per heavy atom. The predicted octanol–water partition coefficient (Wildman–Crippen LogP) is 6.53. The van der Waals surface area contributed by atoms with Gasteiger partial charge in [0.05, 0.1) is 0 Å². The second kappa shape index (κ2) is 8.80. The number of benzene rings is 2. The fourth-order valence-electron chi connectivity index (χ4n) is 5.84. The van der Waals surface area contributed by atoms with E-state index in [0.29, 0.717) is 23.7 Å². The lowest BCUT2D eigenvalue weighted by atomic mass is 9.82. The largest absolute Gasteiger partial charge is 0.349 e. The van der Waals surface area contributed by atoms with E-state index in [4.69, 9.17) is 9.47 Å². The Hall–Kier alpha value is -1.64. The molecule has 0 heterocycles. The minimum atomic E-state index is -0.565. The third kappa shape index (κ3) is 3.42. The molecule has 0 radical (unpaired) electrons. The van der Waals surface area contributed by atoms with Gasteiger partial charge in [-0.3, -0.25) is 0 Å². The Balaban J connectivity index is 1.86. The molecule has 150 valence electrons. The zero-order valence-electron chi connectivity index (χ0n) is 17.3. The lowest BCUT2D eigenvalue weighted by Crippen LogP contribution is -2.45. The minimum Gasteiger partial charge on any atom is -0.349 e. The molecule has 2 aliphatic rings. The van der Waals surface area contributed by atoms with Gasteiger partial charge in [0.25, 0.3) is 0 Å². The van der Waals surface area contributed by atoms with Crippen molar-refractivity contribution in [3.8, 4) is 0 Å². The monoisotopic (exact) mass is 378 g/mol. The van der Waals surface area contributed by atoms with Crippen LogP contribution in [0.1, 0.15) is 68.9 Å². The summed E-state index contributed by atoms with van der Waals surface area (Å²) in [5.74, 6) is 1.28. The van der Waals surface area contributed by atoms with Gasteiger partial charge in [-0.2, -0.15) is 0 Å². The highest BCUT2D eigenvalue weighted by atomic mass is 16.7. The molecule has 0 bridgehead atoms. The lowest BCUT2D eigenvalue weighted by molar-refractivity contribution is -0.256. The lowest BCUT2D eigenvalue weighted by Gasteiger charge is -2.42. The van der Waals surface area contributed by atoms with Gasteiger partial charge >= 0.3 is 0 Å². The number of hydrogen-bond donors (Lipinski definition) is 0. The van der Waals surface area contributed by atoms with E-state index in [1.807, 2.05) is 0 Å². The van der Waals surface area contributed by atoms with E-state index in [9.17, 15) is 0 Å². The van der Waals surface area contributed by atoms with Gasteiger partial charge in [-0.1, -0.05) is 80.9 Å². The number of fused-ring (bicyclic) bond motifs is 1. The summed E-state index contributed by atoms with van der Waals surface area (Å²) in [6.07, 6.45) is 5.89. The highest BCUT2D eigenvalue weighted by Crippen LogP contribution is 2.65. The zero-order chi connectivity index (χ0) is 19.4. The first-order valence-corrected chi connectivity index (χ1v) is 11.2. The fourth-order valence-corrected chi connectivity index (χ4v) is 5.84. The highest BCUT2D eigenvalue weighted by Gasteiger charge is 2.63. The first-order valence-electron chi connectivity index (χ1n) is 11.2. The van der Waals surface area contributed by atoms with Gasteiger partial charge < -0.3 is 9.47 Å². The Morgan fingerprint density at radius 2 is 1.14 bits per heavy atom. The minimum absolute atomic E-state index is 0.296. The molecule has 2 saturated carbocycles. The highest BCUT2D eigenvalue weighted by molar-refractivity contribution is 5.35. The molecule has 0 amide bonds. The number of rotatable bonds is 8. The quantitative estimate of drug-likeness (QED) is 0.486. The molecule has 0 aliphatic heterocycles. The van der Waals surface area contributed by atoms with Crippen LogP contribution >= 0.6 is 0 Å². The summed E-state index contributed by atoms with van der Waals surface area (Å²) in [5.41, 5.74) is 2.76. The molecular weight excluding hydrogens is 344 g/mol. The van der Waals surface area contributed by atoms with Crippen LogP contribution < -0.4 is 0 Å². The summed E-state index contributed by atoms with van der Waals surface area (Å²) in [7, 11) is 0. The predicted molar refractivity (Wildman–Crippen MR) is 114 cm³/mol. The van der Waals surface area contributed by atoms with Gasteiger partial charge in [-0.25, -0.2) is 0 Å². The molecule has 0 aromatic heterocycles. The molecule has 2 aromatic carbocycles. The number of hydrogen-bond acceptors (Lipinski definition) is 2. The summed E-state index contributed by atoms with van der Waals surface area (Å²) in [5, 5.41) is 0. The van der Waals surface area contributed by atoms with Crippen molar-refractivity contribution in [2.45, 2.75) is 63.6 Å². The van der Waals surface area contributed by atoms with Crippen molar-refractivity contribution in [2.24, 2.45) is 11.8 Å². The van der Waals surface area contributed by atoms with Crippen LogP contribution in [-0.2, 0) is 9.47 Å². The summed E-state index contributed by atoms with van der Waals surface area (Å²) >= 11 is 0. The molecular formula is C26H34O2. The molecule has 2 unspecified atom stereocenters. The van der Waals surface area contributed by atoms with Crippen molar-refractivity contribution >= 4 is 0 Å². The van der Waals surface area contributed by atoms with Crippen molar-refractivity contribution in [1.29, 1.82) is 0 Å². The second-order valence-electron chi connectivity index (χ2n) is 8.45. The van der Waals surface area contributed by atoms with E-state index < -0.39 is 5.79 Å². The normalized spacial score (nSPS) is 28.4. The van der Waals surface area contributed by atoms with E-state index >= 15 is 0 Å². The average molecular weight is 379 g/mol. The summed E-state index contributed by atoms with van der Waals surface area (Å²) in [6.45, 7) is 5.88. The topological polar surface area (TPSA) is 18.5 Å². The van der Waals surface area contributed by atoms with Gasteiger partial charge in [0.1, 0.15) is 0 Å². The van der Waals surface area contributed by atoms with Gasteiger partial charge in [0.2, 0.25) is 0 Å². The van der Waals surface area contributed by atoms with E-state index in [0.717, 1.165) is 26.1 Å². The Labute approximate surface area is 170 Å². The molecule has 0 saturated heterocycles. The van der Waals surface area contributed by atoms with E-state index in [-0.39, 0.29) is 0 Å². The van der Waals surface area contributed by atoms with Crippen molar-refractivity contribution in [3.05, 3.63) is 71.8 Å². The van der Waals surface area contributed by atoms with Crippen LogP contribution in [0.15, 0.2) is 60.7 Å². The molecule has 2 aliphatic carbocycles. The molecule has 2 nitrogen and oxygen atoms in total. The number of ether oxygens (including phenoxy) is 2. The van der Waals surface area contributed by atoms with Crippen molar-refractivity contribution in [2.75, 3.05) is 13.2 Å². The molecule has 4 atom stereocenters. The van der Waals surface area contributed by atoms with Crippen LogP contribution in [0.5, 0.6) is 0 Å². The van der Waals surface area contributed by atoms with Crippen LogP contribution in [-0.4, -0.2) is 19.0 Å². The van der Waals surface area contributed by atoms with Gasteiger partial charge in [0.15, 0.2) is 5.79 Å². The molecule has 2 fully saturated rings. The summed E-state index contributed by atoms with van der Waals surface area (Å²) in [4.78, 5) is 0. The maximum Gasteiger partial charge on any atom is 0.182 e. The molecule has 0 N–H and O–H groups in total. The maximum atomic E-state index is 6.79. The second-order valence-corrected chi connectivity index (χ2v) is 8.45. The van der Waals surface area contributed by atoms with Gasteiger partial charge in [-0.15, -0.1) is 0 Å². The van der Waals surface area contributed by atoms with Crippen molar-refractivity contribution in [3.63, 3.8) is 0 Å². The van der Waals surface area contributed by atoms with E-state index in [1.165, 1.54) is 30.4 Å². The van der Waals surface area contributed by atoms with Crippen molar-refractivity contribution in [1.82, 2.24) is 0 Å². The maximum absolute atomic E-state index is 6.79. The third-order valence-corrected chi connectivity index (χ3v) is 6.73. The van der Waals surface area contributed by atoms with Crippen LogP contribution in [0.3, 0.4) is 0 Å². The molecule has 2 heteroatoms. The standard InChI is InChI=1S/C26H34O2/c1-3-18-27-26(28-19-4-2)24(20-12-7-5-8-13-20)22-16-11-17-23(22)25(26)21-14-9-6-10-15-21/h5-10,12-15,22-25H,3-4,11,16-19H2,1-2H3/t22-,23+,24?,25?. The fraction of sp³-hybridized carbons (Fsp3) is 0.538. The zero-order valence-corrected chi connectivity index (χ0v) is 17.3. The SMILES string of the molecule is CCCOC1(OCCC)C(c2ccccc2)[C@H]2CCC[C@H]2C1c1ccccc1. The van der Waals surface area contributed by atoms with E-state index in [2.05, 4.69) is 74.5 Å². The van der Waals surface area contributed by atoms with Crippen LogP contribution in [0, 0.1) is 11.8 Å². The van der Waals surface area contributed by atoms with Gasteiger partial charge in [0, 0.05) is 25.0 Å². The molecule has 28 heavy (non-hydrogen) atoms. The van der Waals surface area contributed by atoms with E-state index in [1.54, 1.807) is 0 Å². The molecule has 0 spiro atoms. The Kier molecular flexibility index (Phi) is 6.18. The first kappa shape index (κ1) is 19.7. The molecule has 4 rings (SSSR count). The first-order chi connectivity index (χ1) is 13.8.